The van der Waals surface area contributed by atoms with Crippen molar-refractivity contribution in [1.29, 1.82) is 0 Å². The fourth-order valence-corrected chi connectivity index (χ4v) is 2.10. The average Bonchev–Trinajstić information content (AvgIpc) is 2.90. The van der Waals surface area contributed by atoms with E-state index in [1.165, 1.54) is 0 Å². The third-order valence-corrected chi connectivity index (χ3v) is 3.10. The standard InChI is InChI=1S/C14H15N5/c15-7-12-13(8-16)19-14(18-12)11-6-5-9-3-1-2-4-10(9)17-11/h1-6H,7-8,15-16H2,(H,18,19). The molecule has 3 aromatic rings. The number of aromatic amines is 1. The summed E-state index contributed by atoms with van der Waals surface area (Å²) < 4.78 is 0. The highest BCUT2D eigenvalue weighted by Gasteiger charge is 2.10. The largest absolute Gasteiger partial charge is 0.339 e. The van der Waals surface area contributed by atoms with Crippen molar-refractivity contribution in [3.63, 3.8) is 0 Å². The molecule has 0 fully saturated rings. The van der Waals surface area contributed by atoms with Crippen LogP contribution >= 0.6 is 0 Å². The van der Waals surface area contributed by atoms with Gasteiger partial charge in [-0.15, -0.1) is 0 Å². The first-order valence-corrected chi connectivity index (χ1v) is 6.16. The molecule has 0 bridgehead atoms. The predicted octanol–water partition coefficient (Wildman–Crippen LogP) is 1.54. The summed E-state index contributed by atoms with van der Waals surface area (Å²) in [6.45, 7) is 0.768. The van der Waals surface area contributed by atoms with Crippen molar-refractivity contribution in [1.82, 2.24) is 15.0 Å². The first kappa shape index (κ1) is 11.8. The highest BCUT2D eigenvalue weighted by atomic mass is 15.0. The molecule has 0 saturated carbocycles. The molecule has 0 amide bonds. The molecule has 19 heavy (non-hydrogen) atoms. The molecule has 5 heteroatoms. The van der Waals surface area contributed by atoms with Gasteiger partial charge >= 0.3 is 0 Å². The Morgan fingerprint density at radius 2 is 1.79 bits per heavy atom. The Balaban J connectivity index is 2.10. The van der Waals surface area contributed by atoms with Gasteiger partial charge in [-0.1, -0.05) is 24.3 Å². The van der Waals surface area contributed by atoms with E-state index in [0.29, 0.717) is 18.9 Å². The number of fused-ring (bicyclic) bond motifs is 1. The van der Waals surface area contributed by atoms with Crippen molar-refractivity contribution < 1.29 is 0 Å². The van der Waals surface area contributed by atoms with Crippen molar-refractivity contribution in [3.05, 3.63) is 47.8 Å². The summed E-state index contributed by atoms with van der Waals surface area (Å²) in [4.78, 5) is 12.2. The van der Waals surface area contributed by atoms with Crippen LogP contribution in [0.25, 0.3) is 22.4 Å². The highest BCUT2D eigenvalue weighted by Crippen LogP contribution is 2.20. The minimum Gasteiger partial charge on any atom is -0.339 e. The second-order valence-electron chi connectivity index (χ2n) is 4.31. The fraction of sp³-hybridized carbons (Fsp3) is 0.143. The molecule has 0 spiro atoms. The van der Waals surface area contributed by atoms with Crippen LogP contribution in [0.2, 0.25) is 0 Å². The van der Waals surface area contributed by atoms with Crippen LogP contribution in [0.5, 0.6) is 0 Å². The first-order valence-electron chi connectivity index (χ1n) is 6.16. The Labute approximate surface area is 110 Å². The van der Waals surface area contributed by atoms with Gasteiger partial charge in [-0.2, -0.15) is 0 Å². The van der Waals surface area contributed by atoms with E-state index < -0.39 is 0 Å². The molecule has 0 unspecified atom stereocenters. The van der Waals surface area contributed by atoms with Crippen molar-refractivity contribution in [2.45, 2.75) is 13.1 Å². The molecule has 0 aliphatic rings. The van der Waals surface area contributed by atoms with E-state index in [2.05, 4.69) is 15.0 Å². The lowest BCUT2D eigenvalue weighted by molar-refractivity contribution is 0.931. The molecular formula is C14H15N5. The van der Waals surface area contributed by atoms with Gasteiger partial charge in [0.15, 0.2) is 5.82 Å². The van der Waals surface area contributed by atoms with E-state index >= 15 is 0 Å². The molecule has 3 rings (SSSR count). The Hall–Kier alpha value is -2.24. The van der Waals surface area contributed by atoms with Crippen LogP contribution in [0, 0.1) is 0 Å². The molecule has 5 N–H and O–H groups in total. The van der Waals surface area contributed by atoms with Gasteiger partial charge in [0.2, 0.25) is 0 Å². The number of para-hydroxylation sites is 1. The van der Waals surface area contributed by atoms with E-state index in [1.54, 1.807) is 0 Å². The number of hydrogen-bond acceptors (Lipinski definition) is 4. The number of hydrogen-bond donors (Lipinski definition) is 3. The molecule has 96 valence electrons. The minimum atomic E-state index is 0.372. The average molecular weight is 253 g/mol. The third-order valence-electron chi connectivity index (χ3n) is 3.10. The number of imidazole rings is 1. The van der Waals surface area contributed by atoms with Crippen molar-refractivity contribution in [3.8, 4) is 11.5 Å². The molecule has 0 aliphatic carbocycles. The number of nitrogens with zero attached hydrogens (tertiary/aromatic N) is 2. The van der Waals surface area contributed by atoms with E-state index in [0.717, 1.165) is 28.0 Å². The lowest BCUT2D eigenvalue weighted by Crippen LogP contribution is -2.05. The van der Waals surface area contributed by atoms with E-state index in [9.17, 15) is 0 Å². The summed E-state index contributed by atoms with van der Waals surface area (Å²) in [7, 11) is 0. The fourth-order valence-electron chi connectivity index (χ4n) is 2.10. The second kappa shape index (κ2) is 4.79. The molecule has 0 atom stereocenters. The Morgan fingerprint density at radius 1 is 0.947 bits per heavy atom. The molecule has 5 nitrogen and oxygen atoms in total. The summed E-state index contributed by atoms with van der Waals surface area (Å²) in [5.41, 5.74) is 14.7. The molecule has 0 radical (unpaired) electrons. The second-order valence-corrected chi connectivity index (χ2v) is 4.31. The molecular weight excluding hydrogens is 238 g/mol. The van der Waals surface area contributed by atoms with Gasteiger partial charge in [-0.05, 0) is 12.1 Å². The van der Waals surface area contributed by atoms with E-state index in [-0.39, 0.29) is 0 Å². The van der Waals surface area contributed by atoms with Gasteiger partial charge < -0.3 is 16.5 Å². The number of nitrogens with two attached hydrogens (primary N) is 2. The molecule has 1 aromatic carbocycles. The zero-order valence-corrected chi connectivity index (χ0v) is 10.4. The van der Waals surface area contributed by atoms with Crippen LogP contribution in [-0.2, 0) is 13.1 Å². The van der Waals surface area contributed by atoms with E-state index in [4.69, 9.17) is 11.5 Å². The Kier molecular flexibility index (Phi) is 2.98. The van der Waals surface area contributed by atoms with Gasteiger partial charge in [-0.3, -0.25) is 0 Å². The number of H-pyrrole nitrogens is 1. The summed E-state index contributed by atoms with van der Waals surface area (Å²) >= 11 is 0. The predicted molar refractivity (Wildman–Crippen MR) is 75.1 cm³/mol. The maximum Gasteiger partial charge on any atom is 0.156 e. The van der Waals surface area contributed by atoms with Crippen molar-refractivity contribution in [2.24, 2.45) is 11.5 Å². The molecule has 2 heterocycles. The number of pyridine rings is 1. The number of aromatic nitrogens is 3. The molecule has 0 aliphatic heterocycles. The van der Waals surface area contributed by atoms with Gasteiger partial charge in [0.1, 0.15) is 5.69 Å². The summed E-state index contributed by atoms with van der Waals surface area (Å²) in [6.07, 6.45) is 0. The van der Waals surface area contributed by atoms with Crippen LogP contribution in [0.1, 0.15) is 11.4 Å². The maximum absolute atomic E-state index is 5.66. The van der Waals surface area contributed by atoms with Crippen LogP contribution in [0.15, 0.2) is 36.4 Å². The minimum absolute atomic E-state index is 0.372. The Bertz CT molecular complexity index is 695. The molecule has 2 aromatic heterocycles. The number of benzene rings is 1. The first-order chi connectivity index (χ1) is 9.31. The van der Waals surface area contributed by atoms with Gasteiger partial charge in [0, 0.05) is 18.5 Å². The summed E-state index contributed by atoms with van der Waals surface area (Å²) in [5.74, 6) is 0.714. The van der Waals surface area contributed by atoms with Crippen LogP contribution in [0.4, 0.5) is 0 Å². The van der Waals surface area contributed by atoms with Gasteiger partial charge in [0.25, 0.3) is 0 Å². The van der Waals surface area contributed by atoms with Gasteiger partial charge in [0.05, 0.1) is 16.9 Å². The van der Waals surface area contributed by atoms with Crippen LogP contribution in [-0.4, -0.2) is 15.0 Å². The smallest absolute Gasteiger partial charge is 0.156 e. The monoisotopic (exact) mass is 253 g/mol. The van der Waals surface area contributed by atoms with Crippen LogP contribution in [0.3, 0.4) is 0 Å². The quantitative estimate of drug-likeness (QED) is 0.660. The normalized spacial score (nSPS) is 11.1. The lowest BCUT2D eigenvalue weighted by Gasteiger charge is -1.99. The molecule has 0 saturated heterocycles. The maximum atomic E-state index is 5.66. The topological polar surface area (TPSA) is 93.6 Å². The highest BCUT2D eigenvalue weighted by molar-refractivity contribution is 5.80. The van der Waals surface area contributed by atoms with Gasteiger partial charge in [-0.25, -0.2) is 9.97 Å². The SMILES string of the molecule is NCc1nc(-c2ccc3ccccc3n2)[nH]c1CN. The number of rotatable bonds is 3. The number of nitrogens with one attached hydrogen (secondary N) is 1. The van der Waals surface area contributed by atoms with Crippen molar-refractivity contribution >= 4 is 10.9 Å². The summed E-state index contributed by atoms with van der Waals surface area (Å²) in [5, 5.41) is 1.11. The zero-order valence-electron chi connectivity index (χ0n) is 10.4. The van der Waals surface area contributed by atoms with Crippen molar-refractivity contribution in [2.75, 3.05) is 0 Å². The summed E-state index contributed by atoms with van der Waals surface area (Å²) in [6, 6.07) is 12.0. The van der Waals surface area contributed by atoms with E-state index in [1.807, 2.05) is 36.4 Å². The van der Waals surface area contributed by atoms with Crippen LogP contribution < -0.4 is 11.5 Å². The lowest BCUT2D eigenvalue weighted by atomic mass is 10.2. The zero-order chi connectivity index (χ0) is 13.2. The third kappa shape index (κ3) is 2.09. The Morgan fingerprint density at radius 3 is 2.53 bits per heavy atom.